The minimum Gasteiger partial charge on any atom is -0.331 e. The average Bonchev–Trinajstić information content (AvgIpc) is 3.25. The molecule has 3 fully saturated rings. The molecule has 4 atom stereocenters. The topological polar surface area (TPSA) is 79.7 Å². The molecule has 7 heteroatoms. The number of nitrogens with zero attached hydrogens (tertiary/aromatic N) is 4. The molecule has 7 nitrogen and oxygen atoms in total. The van der Waals surface area contributed by atoms with Crippen LogP contribution < -0.4 is 5.32 Å². The molecule has 0 spiro atoms. The quantitative estimate of drug-likeness (QED) is 0.815. The minimum absolute atomic E-state index is 0.0421. The summed E-state index contributed by atoms with van der Waals surface area (Å²) in [6.07, 6.45) is 3.77. The van der Waals surface area contributed by atoms with Crippen LogP contribution in [0.25, 0.3) is 0 Å². The number of nitrogens with one attached hydrogen (secondary N) is 1. The largest absolute Gasteiger partial charge is 0.331 e. The second-order valence-electron chi connectivity index (χ2n) is 7.53. The van der Waals surface area contributed by atoms with Crippen LogP contribution in [-0.2, 0) is 4.79 Å². The Kier molecular flexibility index (Phi) is 4.95. The Balaban J connectivity index is 1.43. The molecule has 0 radical (unpaired) electrons. The third-order valence-electron chi connectivity index (χ3n) is 5.67. The van der Waals surface area contributed by atoms with Gasteiger partial charge in [-0.1, -0.05) is 0 Å². The lowest BCUT2D eigenvalue weighted by molar-refractivity contribution is -0.130. The van der Waals surface area contributed by atoms with Gasteiger partial charge in [0, 0.05) is 39.8 Å². The van der Waals surface area contributed by atoms with Crippen molar-refractivity contribution >= 4 is 11.9 Å². The molecule has 0 aromatic carbocycles. The van der Waals surface area contributed by atoms with Gasteiger partial charge in [0.05, 0.1) is 12.6 Å². The summed E-state index contributed by atoms with van der Waals surface area (Å²) in [5.41, 5.74) is 0. The maximum absolute atomic E-state index is 12.3. The third kappa shape index (κ3) is 3.34. The van der Waals surface area contributed by atoms with Crippen LogP contribution in [0.5, 0.6) is 0 Å². The van der Waals surface area contributed by atoms with E-state index in [1.54, 1.807) is 23.9 Å². The molecule has 1 unspecified atom stereocenters. The van der Waals surface area contributed by atoms with Gasteiger partial charge < -0.3 is 20.0 Å². The minimum atomic E-state index is -0.243. The van der Waals surface area contributed by atoms with Crippen molar-refractivity contribution in [2.45, 2.75) is 37.8 Å². The van der Waals surface area contributed by atoms with E-state index in [0.717, 1.165) is 38.8 Å². The van der Waals surface area contributed by atoms with Crippen LogP contribution >= 0.6 is 0 Å². The average molecular weight is 333 g/mol. The maximum Gasteiger partial charge on any atom is 0.319 e. The van der Waals surface area contributed by atoms with Gasteiger partial charge in [-0.05, 0) is 37.5 Å². The van der Waals surface area contributed by atoms with Crippen molar-refractivity contribution in [2.75, 3.05) is 40.3 Å². The highest BCUT2D eigenvalue weighted by molar-refractivity contribution is 5.79. The first kappa shape index (κ1) is 17.0. The van der Waals surface area contributed by atoms with Crippen molar-refractivity contribution in [1.82, 2.24) is 20.0 Å². The summed E-state index contributed by atoms with van der Waals surface area (Å²) in [5, 5.41) is 12.5. The molecule has 3 aliphatic rings. The zero-order chi connectivity index (χ0) is 17.3. The second kappa shape index (κ2) is 6.98. The van der Waals surface area contributed by atoms with Crippen LogP contribution in [0.3, 0.4) is 0 Å². The van der Waals surface area contributed by atoms with Crippen molar-refractivity contribution in [3.63, 3.8) is 0 Å². The zero-order valence-electron chi connectivity index (χ0n) is 14.6. The molecule has 1 saturated carbocycles. The number of hydrogen-bond acceptors (Lipinski definition) is 4. The number of hydrogen-bond donors (Lipinski definition) is 1. The first-order valence-electron chi connectivity index (χ1n) is 8.88. The van der Waals surface area contributed by atoms with Crippen LogP contribution in [0.2, 0.25) is 0 Å². The Morgan fingerprint density at radius 2 is 1.92 bits per heavy atom. The Labute approximate surface area is 143 Å². The van der Waals surface area contributed by atoms with E-state index in [1.807, 2.05) is 4.90 Å². The van der Waals surface area contributed by atoms with Crippen LogP contribution in [-0.4, -0.2) is 79.0 Å². The Morgan fingerprint density at radius 3 is 2.50 bits per heavy atom. The molecule has 1 aliphatic carbocycles. The summed E-state index contributed by atoms with van der Waals surface area (Å²) < 4.78 is 0. The van der Waals surface area contributed by atoms with Gasteiger partial charge in [0.15, 0.2) is 0 Å². The van der Waals surface area contributed by atoms with Gasteiger partial charge in [0.25, 0.3) is 0 Å². The van der Waals surface area contributed by atoms with E-state index < -0.39 is 0 Å². The van der Waals surface area contributed by atoms with Crippen molar-refractivity contribution in [3.8, 4) is 6.07 Å². The van der Waals surface area contributed by atoms with E-state index in [4.69, 9.17) is 5.26 Å². The smallest absolute Gasteiger partial charge is 0.319 e. The lowest BCUT2D eigenvalue weighted by Crippen LogP contribution is -2.43. The van der Waals surface area contributed by atoms with E-state index in [0.29, 0.717) is 31.0 Å². The normalized spacial score (nSPS) is 31.9. The van der Waals surface area contributed by atoms with Gasteiger partial charge in [-0.3, -0.25) is 4.79 Å². The Bertz CT molecular complexity index is 530. The lowest BCUT2D eigenvalue weighted by atomic mass is 10.0. The molecule has 3 rings (SSSR count). The van der Waals surface area contributed by atoms with Crippen LogP contribution in [0, 0.1) is 23.2 Å². The molecular weight excluding hydrogens is 306 g/mol. The number of carbonyl (C=O) groups is 2. The molecule has 0 aromatic heterocycles. The number of amides is 3. The highest BCUT2D eigenvalue weighted by Crippen LogP contribution is 2.38. The molecule has 2 saturated heterocycles. The van der Waals surface area contributed by atoms with Crippen molar-refractivity contribution in [2.24, 2.45) is 11.8 Å². The molecule has 3 amide bonds. The standard InChI is InChI=1S/C17H27N5O2/c1-20(2)17(24)21-10-12-6-14(7-13(12)11-21)19-9-16(23)22-5-3-4-15(22)8-18/h12-15,19H,3-7,9-11H2,1-2H3/t12-,13+,14+,15?. The van der Waals surface area contributed by atoms with E-state index >= 15 is 0 Å². The van der Waals surface area contributed by atoms with Crippen LogP contribution in [0.4, 0.5) is 4.79 Å². The molecule has 2 heterocycles. The fourth-order valence-electron chi connectivity index (χ4n) is 4.44. The maximum atomic E-state index is 12.3. The molecule has 132 valence electrons. The van der Waals surface area contributed by atoms with E-state index in [2.05, 4.69) is 11.4 Å². The van der Waals surface area contributed by atoms with Crippen molar-refractivity contribution in [1.29, 1.82) is 5.26 Å². The molecule has 2 aliphatic heterocycles. The van der Waals surface area contributed by atoms with E-state index in [9.17, 15) is 9.59 Å². The Morgan fingerprint density at radius 1 is 1.25 bits per heavy atom. The number of likely N-dealkylation sites (tertiary alicyclic amines) is 2. The van der Waals surface area contributed by atoms with Crippen molar-refractivity contribution < 1.29 is 9.59 Å². The number of rotatable bonds is 3. The SMILES string of the molecule is CN(C)C(=O)N1C[C@H]2C[C@H](NCC(=O)N3CCCC3C#N)C[C@H]2C1. The van der Waals surface area contributed by atoms with E-state index in [-0.39, 0.29) is 18.0 Å². The molecule has 0 aromatic rings. The summed E-state index contributed by atoms with van der Waals surface area (Å²) in [4.78, 5) is 29.6. The highest BCUT2D eigenvalue weighted by atomic mass is 16.2. The van der Waals surface area contributed by atoms with Crippen LogP contribution in [0.1, 0.15) is 25.7 Å². The van der Waals surface area contributed by atoms with Gasteiger partial charge in [0.2, 0.25) is 5.91 Å². The summed E-state index contributed by atoms with van der Waals surface area (Å²) in [5.74, 6) is 1.13. The molecule has 1 N–H and O–H groups in total. The number of nitriles is 1. The molecule has 0 bridgehead atoms. The van der Waals surface area contributed by atoms with Gasteiger partial charge in [-0.25, -0.2) is 4.79 Å². The Hall–Kier alpha value is -1.81. The predicted molar refractivity (Wildman–Crippen MR) is 89.0 cm³/mol. The summed E-state index contributed by atoms with van der Waals surface area (Å²) in [7, 11) is 3.58. The van der Waals surface area contributed by atoms with Crippen LogP contribution in [0.15, 0.2) is 0 Å². The van der Waals surface area contributed by atoms with E-state index in [1.165, 1.54) is 0 Å². The van der Waals surface area contributed by atoms with Gasteiger partial charge >= 0.3 is 6.03 Å². The van der Waals surface area contributed by atoms with Gasteiger partial charge in [0.1, 0.15) is 6.04 Å². The first-order valence-corrected chi connectivity index (χ1v) is 8.88. The molecule has 24 heavy (non-hydrogen) atoms. The molecular formula is C17H27N5O2. The zero-order valence-corrected chi connectivity index (χ0v) is 14.6. The predicted octanol–water partition coefficient (Wildman–Crippen LogP) is 0.483. The van der Waals surface area contributed by atoms with Crippen molar-refractivity contribution in [3.05, 3.63) is 0 Å². The number of urea groups is 1. The van der Waals surface area contributed by atoms with Gasteiger partial charge in [-0.2, -0.15) is 5.26 Å². The summed E-state index contributed by atoms with van der Waals surface area (Å²) >= 11 is 0. The monoisotopic (exact) mass is 333 g/mol. The highest BCUT2D eigenvalue weighted by Gasteiger charge is 2.42. The summed E-state index contributed by atoms with van der Waals surface area (Å²) in [6, 6.07) is 2.42. The lowest BCUT2D eigenvalue weighted by Gasteiger charge is -2.24. The fourth-order valence-corrected chi connectivity index (χ4v) is 4.44. The fraction of sp³-hybridized carbons (Fsp3) is 0.824. The number of carbonyl (C=O) groups excluding carboxylic acids is 2. The second-order valence-corrected chi connectivity index (χ2v) is 7.53. The first-order chi connectivity index (χ1) is 11.5. The number of fused-ring (bicyclic) bond motifs is 1. The van der Waals surface area contributed by atoms with Gasteiger partial charge in [-0.15, -0.1) is 0 Å². The summed E-state index contributed by atoms with van der Waals surface area (Å²) in [6.45, 7) is 2.69. The third-order valence-corrected chi connectivity index (χ3v) is 5.67.